The Morgan fingerprint density at radius 1 is 1.03 bits per heavy atom. The van der Waals surface area contributed by atoms with Crippen LogP contribution in [0.15, 0.2) is 88.7 Å². The smallest absolute Gasteiger partial charge is 0.317 e. The van der Waals surface area contributed by atoms with Crippen molar-refractivity contribution in [3.05, 3.63) is 106 Å². The second kappa shape index (κ2) is 8.71. The molecule has 6 aromatic rings. The Kier molecular flexibility index (Phi) is 5.34. The van der Waals surface area contributed by atoms with Crippen molar-refractivity contribution < 1.29 is 13.9 Å². The molecule has 37 heavy (non-hydrogen) atoms. The fourth-order valence-electron chi connectivity index (χ4n) is 4.86. The molecule has 4 heterocycles. The summed E-state index contributed by atoms with van der Waals surface area (Å²) in [5.74, 6) is 0.110. The van der Waals surface area contributed by atoms with Gasteiger partial charge in [-0.2, -0.15) is 0 Å². The molecule has 0 bridgehead atoms. The first-order valence-electron chi connectivity index (χ1n) is 12.0. The molecule has 0 spiro atoms. The zero-order valence-electron chi connectivity index (χ0n) is 20.6. The number of aromatic nitrogens is 2. The van der Waals surface area contributed by atoms with Crippen molar-refractivity contribution in [3.63, 3.8) is 0 Å². The number of carbonyl (C=O) groups excluding carboxylic acids is 1. The number of hydrogen-bond acceptors (Lipinski definition) is 5. The molecule has 182 valence electrons. The van der Waals surface area contributed by atoms with Gasteiger partial charge in [0.15, 0.2) is 5.76 Å². The van der Waals surface area contributed by atoms with Gasteiger partial charge in [-0.25, -0.2) is 4.98 Å². The Labute approximate surface area is 212 Å². The van der Waals surface area contributed by atoms with Crippen LogP contribution in [0.5, 0.6) is 5.75 Å². The Bertz CT molecular complexity index is 1850. The van der Waals surface area contributed by atoms with Gasteiger partial charge in [-0.1, -0.05) is 24.3 Å². The molecule has 0 aliphatic heterocycles. The van der Waals surface area contributed by atoms with Crippen LogP contribution >= 0.6 is 0 Å². The molecule has 4 aromatic heterocycles. The number of ether oxygens (including phenoxy) is 1. The highest BCUT2D eigenvalue weighted by Gasteiger charge is 2.23. The maximum absolute atomic E-state index is 12.8. The molecule has 0 N–H and O–H groups in total. The van der Waals surface area contributed by atoms with E-state index in [1.54, 1.807) is 12.1 Å². The summed E-state index contributed by atoms with van der Waals surface area (Å²) in [5.41, 5.74) is 5.62. The summed E-state index contributed by atoms with van der Waals surface area (Å²) in [6.07, 6.45) is 3.64. The lowest BCUT2D eigenvalue weighted by Crippen LogP contribution is -2.07. The number of furan rings is 1. The molecule has 0 saturated heterocycles. The van der Waals surface area contributed by atoms with E-state index in [1.165, 1.54) is 0 Å². The molecule has 0 aliphatic rings. The predicted molar refractivity (Wildman–Crippen MR) is 143 cm³/mol. The SMILES string of the molecule is Cc1c(-c2cc(C(=O)N=O)c3c(O[C@H](C)c4ccn5cccc5c4)ccc(C)c3n2)oc2ccccc12. The molecule has 7 nitrogen and oxygen atoms in total. The molecular formula is C30H23N3O4. The van der Waals surface area contributed by atoms with Crippen LogP contribution in [0.1, 0.15) is 40.1 Å². The van der Waals surface area contributed by atoms with E-state index in [0.717, 1.165) is 33.2 Å². The molecule has 6 rings (SSSR count). The van der Waals surface area contributed by atoms with Crippen LogP contribution in [0.25, 0.3) is 38.8 Å². The van der Waals surface area contributed by atoms with Crippen LogP contribution in [-0.2, 0) is 0 Å². The first-order chi connectivity index (χ1) is 17.9. The second-order valence-corrected chi connectivity index (χ2v) is 9.17. The number of pyridine rings is 2. The first kappa shape index (κ1) is 22.7. The highest BCUT2D eigenvalue weighted by atomic mass is 16.5. The third kappa shape index (κ3) is 3.76. The molecule has 1 atom stereocenters. The number of amides is 1. The van der Waals surface area contributed by atoms with Crippen molar-refractivity contribution in [1.29, 1.82) is 0 Å². The monoisotopic (exact) mass is 489 g/mol. The lowest BCUT2D eigenvalue weighted by Gasteiger charge is -2.19. The summed E-state index contributed by atoms with van der Waals surface area (Å²) >= 11 is 0. The Morgan fingerprint density at radius 2 is 1.86 bits per heavy atom. The summed E-state index contributed by atoms with van der Waals surface area (Å²) in [5, 5.41) is 4.16. The van der Waals surface area contributed by atoms with E-state index >= 15 is 0 Å². The number of hydrogen-bond donors (Lipinski definition) is 0. The summed E-state index contributed by atoms with van der Waals surface area (Å²) in [6, 6.07) is 21.0. The molecule has 0 unspecified atom stereocenters. The Balaban J connectivity index is 1.51. The van der Waals surface area contributed by atoms with Gasteiger partial charge >= 0.3 is 5.91 Å². The van der Waals surface area contributed by atoms with Gasteiger partial charge in [0.2, 0.25) is 0 Å². The van der Waals surface area contributed by atoms with Crippen molar-refractivity contribution in [1.82, 2.24) is 9.38 Å². The number of para-hydroxylation sites is 1. The standard InChI is InChI=1S/C30H23N3O4/c1-17-10-11-26(36-19(3)20-12-14-33-13-6-7-21(33)15-20)27-23(30(34)32-35)16-24(31-28(17)27)29-18(2)22-8-4-5-9-25(22)37-29/h4-16,19H,1-3H3/t19-/m1/s1. The van der Waals surface area contributed by atoms with Crippen molar-refractivity contribution >= 4 is 33.3 Å². The van der Waals surface area contributed by atoms with Crippen LogP contribution in [0.2, 0.25) is 0 Å². The first-order valence-corrected chi connectivity index (χ1v) is 12.0. The van der Waals surface area contributed by atoms with Gasteiger partial charge in [0.25, 0.3) is 0 Å². The van der Waals surface area contributed by atoms with Gasteiger partial charge in [-0.15, -0.1) is 4.91 Å². The van der Waals surface area contributed by atoms with E-state index in [1.807, 2.05) is 86.1 Å². The van der Waals surface area contributed by atoms with Crippen LogP contribution in [0.3, 0.4) is 0 Å². The summed E-state index contributed by atoms with van der Waals surface area (Å²) in [6.45, 7) is 5.79. The molecular weight excluding hydrogens is 466 g/mol. The predicted octanol–water partition coefficient (Wildman–Crippen LogP) is 7.56. The van der Waals surface area contributed by atoms with Crippen molar-refractivity contribution in [2.45, 2.75) is 26.9 Å². The average Bonchev–Trinajstić information content (AvgIpc) is 3.53. The minimum atomic E-state index is -0.889. The topological polar surface area (TPSA) is 86.2 Å². The summed E-state index contributed by atoms with van der Waals surface area (Å²) in [4.78, 5) is 29.1. The van der Waals surface area contributed by atoms with Gasteiger partial charge in [0.1, 0.15) is 23.1 Å². The van der Waals surface area contributed by atoms with Crippen LogP contribution < -0.4 is 4.74 Å². The normalized spacial score (nSPS) is 12.3. The maximum atomic E-state index is 12.8. The number of nitroso groups, excluding NO2 is 1. The van der Waals surface area contributed by atoms with Gasteiger partial charge < -0.3 is 13.6 Å². The van der Waals surface area contributed by atoms with Gasteiger partial charge in [0.05, 0.1) is 16.5 Å². The lowest BCUT2D eigenvalue weighted by atomic mass is 10.0. The minimum Gasteiger partial charge on any atom is -0.485 e. The maximum Gasteiger partial charge on any atom is 0.317 e. The molecule has 1 amide bonds. The highest BCUT2D eigenvalue weighted by molar-refractivity contribution is 6.10. The quantitative estimate of drug-likeness (QED) is 0.233. The van der Waals surface area contributed by atoms with Crippen LogP contribution in [0.4, 0.5) is 0 Å². The summed E-state index contributed by atoms with van der Waals surface area (Å²) in [7, 11) is 0. The largest absolute Gasteiger partial charge is 0.485 e. The molecule has 0 fully saturated rings. The van der Waals surface area contributed by atoms with Gasteiger partial charge in [0, 0.05) is 34.0 Å². The highest BCUT2D eigenvalue weighted by Crippen LogP contribution is 2.38. The van der Waals surface area contributed by atoms with Gasteiger partial charge in [-0.05, 0) is 74.4 Å². The minimum absolute atomic E-state index is 0.128. The number of carbonyl (C=O) groups is 1. The van der Waals surface area contributed by atoms with E-state index in [-0.39, 0.29) is 11.7 Å². The molecule has 0 radical (unpaired) electrons. The number of fused-ring (bicyclic) bond motifs is 3. The van der Waals surface area contributed by atoms with Crippen LogP contribution in [0, 0.1) is 18.8 Å². The van der Waals surface area contributed by atoms with Crippen molar-refractivity contribution in [2.75, 3.05) is 0 Å². The molecule has 0 saturated carbocycles. The third-order valence-corrected chi connectivity index (χ3v) is 6.84. The lowest BCUT2D eigenvalue weighted by molar-refractivity contribution is 0.100. The average molecular weight is 490 g/mol. The van der Waals surface area contributed by atoms with Gasteiger partial charge in [-0.3, -0.25) is 4.79 Å². The zero-order valence-corrected chi connectivity index (χ0v) is 20.6. The second-order valence-electron chi connectivity index (χ2n) is 9.17. The fourth-order valence-corrected chi connectivity index (χ4v) is 4.86. The number of benzene rings is 2. The molecule has 0 aliphatic carbocycles. The Morgan fingerprint density at radius 3 is 2.68 bits per heavy atom. The van der Waals surface area contributed by atoms with Crippen molar-refractivity contribution in [3.8, 4) is 17.2 Å². The number of nitrogens with zero attached hydrogens (tertiary/aromatic N) is 3. The Hall–Kier alpha value is -4.78. The van der Waals surface area contributed by atoms with Crippen LogP contribution in [-0.4, -0.2) is 15.3 Å². The third-order valence-electron chi connectivity index (χ3n) is 6.84. The fraction of sp³-hybridized carbons (Fsp3) is 0.133. The van der Waals surface area contributed by atoms with E-state index in [9.17, 15) is 9.70 Å². The number of rotatable bonds is 5. The van der Waals surface area contributed by atoms with E-state index < -0.39 is 5.91 Å². The number of aryl methyl sites for hydroxylation is 2. The molecule has 7 heteroatoms. The van der Waals surface area contributed by atoms with Crippen molar-refractivity contribution in [2.24, 2.45) is 5.18 Å². The van der Waals surface area contributed by atoms with E-state index in [4.69, 9.17) is 14.1 Å². The van der Waals surface area contributed by atoms with E-state index in [2.05, 4.69) is 11.2 Å². The zero-order chi connectivity index (χ0) is 25.7. The van der Waals surface area contributed by atoms with E-state index in [0.29, 0.717) is 28.1 Å². The molecule has 2 aromatic carbocycles. The summed E-state index contributed by atoms with van der Waals surface area (Å²) < 4.78 is 14.5.